The minimum absolute atomic E-state index is 0. The Morgan fingerprint density at radius 1 is 1.21 bits per heavy atom. The van der Waals surface area contributed by atoms with Crippen LogP contribution in [0.4, 0.5) is 0 Å². The van der Waals surface area contributed by atoms with E-state index in [0.29, 0.717) is 6.04 Å². The molecule has 1 heterocycles. The summed E-state index contributed by atoms with van der Waals surface area (Å²) in [5, 5.41) is 0. The van der Waals surface area contributed by atoms with Crippen LogP contribution in [0, 0.1) is 11.8 Å². The van der Waals surface area contributed by atoms with Gasteiger partial charge in [0.15, 0.2) is 0 Å². The summed E-state index contributed by atoms with van der Waals surface area (Å²) in [6, 6.07) is 0.460. The Morgan fingerprint density at radius 3 is 2.64 bits per heavy atom. The van der Waals surface area contributed by atoms with E-state index in [1.54, 1.807) is 0 Å². The van der Waals surface area contributed by atoms with Gasteiger partial charge in [-0.2, -0.15) is 0 Å². The predicted molar refractivity (Wildman–Crippen MR) is 61.5 cm³/mol. The first-order valence-corrected chi connectivity index (χ1v) is 5.49. The minimum Gasteiger partial charge on any atom is -0.329 e. The van der Waals surface area contributed by atoms with E-state index >= 15 is 0 Å². The molecule has 2 fully saturated rings. The Morgan fingerprint density at radius 2 is 2.00 bits per heavy atom. The zero-order valence-corrected chi connectivity index (χ0v) is 9.51. The van der Waals surface area contributed by atoms with Crippen molar-refractivity contribution in [2.24, 2.45) is 23.3 Å². The lowest BCUT2D eigenvalue weighted by Crippen LogP contribution is -2.38. The molecular weight excluding hydrogens is 198 g/mol. The molecule has 1 aliphatic heterocycles. The van der Waals surface area contributed by atoms with Crippen LogP contribution in [0.1, 0.15) is 19.3 Å². The van der Waals surface area contributed by atoms with Crippen molar-refractivity contribution in [1.29, 1.82) is 0 Å². The van der Waals surface area contributed by atoms with Crippen LogP contribution in [-0.4, -0.2) is 37.1 Å². The van der Waals surface area contributed by atoms with E-state index in [-0.39, 0.29) is 12.4 Å². The van der Waals surface area contributed by atoms with Crippen LogP contribution >= 0.6 is 12.4 Å². The van der Waals surface area contributed by atoms with Crippen molar-refractivity contribution >= 4 is 12.4 Å². The molecule has 1 aliphatic carbocycles. The lowest BCUT2D eigenvalue weighted by molar-refractivity contribution is 0.259. The molecule has 2 aliphatic rings. The highest BCUT2D eigenvalue weighted by atomic mass is 35.5. The van der Waals surface area contributed by atoms with Gasteiger partial charge in [0.05, 0.1) is 0 Å². The molecule has 3 atom stereocenters. The summed E-state index contributed by atoms with van der Waals surface area (Å²) >= 11 is 0. The molecule has 14 heavy (non-hydrogen) atoms. The van der Waals surface area contributed by atoms with E-state index in [4.69, 9.17) is 11.5 Å². The molecule has 4 N–H and O–H groups in total. The Hall–Kier alpha value is 0.170. The third kappa shape index (κ3) is 2.40. The van der Waals surface area contributed by atoms with E-state index in [0.717, 1.165) is 24.9 Å². The maximum absolute atomic E-state index is 6.12. The number of likely N-dealkylation sites (tertiary alicyclic amines) is 1. The van der Waals surface area contributed by atoms with E-state index < -0.39 is 0 Å². The van der Waals surface area contributed by atoms with E-state index in [9.17, 15) is 0 Å². The standard InChI is InChI=1S/C10H21N3.ClH/c11-4-5-13-6-8-2-1-3-10(12)9(8)7-13;/h8-10H,1-7,11-12H2;1H. The molecule has 4 heteroatoms. The van der Waals surface area contributed by atoms with Crippen molar-refractivity contribution < 1.29 is 0 Å². The van der Waals surface area contributed by atoms with Crippen LogP contribution in [0.3, 0.4) is 0 Å². The van der Waals surface area contributed by atoms with Gasteiger partial charge in [0.1, 0.15) is 0 Å². The zero-order chi connectivity index (χ0) is 9.26. The molecule has 0 spiro atoms. The zero-order valence-electron chi connectivity index (χ0n) is 8.69. The summed E-state index contributed by atoms with van der Waals surface area (Å²) in [6.07, 6.45) is 3.95. The van der Waals surface area contributed by atoms with Gasteiger partial charge in [-0.05, 0) is 24.7 Å². The first-order chi connectivity index (χ1) is 6.31. The van der Waals surface area contributed by atoms with Crippen molar-refractivity contribution in [3.05, 3.63) is 0 Å². The van der Waals surface area contributed by atoms with Crippen LogP contribution < -0.4 is 11.5 Å². The van der Waals surface area contributed by atoms with E-state index in [1.165, 1.54) is 32.4 Å². The monoisotopic (exact) mass is 219 g/mol. The first-order valence-electron chi connectivity index (χ1n) is 5.49. The molecule has 0 aromatic rings. The van der Waals surface area contributed by atoms with Gasteiger partial charge in [-0.3, -0.25) is 0 Å². The molecule has 0 aromatic carbocycles. The topological polar surface area (TPSA) is 55.3 Å². The number of hydrogen-bond donors (Lipinski definition) is 2. The number of halogens is 1. The SMILES string of the molecule is Cl.NCCN1CC2CCCC(N)C2C1. The highest BCUT2D eigenvalue weighted by Gasteiger charge is 2.37. The second kappa shape index (κ2) is 5.31. The lowest BCUT2D eigenvalue weighted by Gasteiger charge is -2.29. The van der Waals surface area contributed by atoms with Gasteiger partial charge in [0.2, 0.25) is 0 Å². The molecule has 1 saturated carbocycles. The van der Waals surface area contributed by atoms with Crippen LogP contribution in [0.2, 0.25) is 0 Å². The highest BCUT2D eigenvalue weighted by Crippen LogP contribution is 2.35. The number of hydrogen-bond acceptors (Lipinski definition) is 3. The summed E-state index contributed by atoms with van der Waals surface area (Å²) in [5.41, 5.74) is 11.7. The fraction of sp³-hybridized carbons (Fsp3) is 1.00. The number of nitrogens with two attached hydrogens (primary N) is 2. The summed E-state index contributed by atoms with van der Waals surface area (Å²) in [5.74, 6) is 1.63. The summed E-state index contributed by atoms with van der Waals surface area (Å²) in [6.45, 7) is 4.28. The Labute approximate surface area is 92.6 Å². The van der Waals surface area contributed by atoms with Crippen molar-refractivity contribution in [1.82, 2.24) is 4.90 Å². The van der Waals surface area contributed by atoms with Gasteiger partial charge >= 0.3 is 0 Å². The molecule has 0 amide bonds. The minimum atomic E-state index is 0. The second-order valence-corrected chi connectivity index (χ2v) is 4.57. The Kier molecular flexibility index (Phi) is 4.64. The van der Waals surface area contributed by atoms with Crippen LogP contribution in [0.25, 0.3) is 0 Å². The quantitative estimate of drug-likeness (QED) is 0.708. The average molecular weight is 220 g/mol. The highest BCUT2D eigenvalue weighted by molar-refractivity contribution is 5.85. The third-order valence-electron chi connectivity index (χ3n) is 3.67. The molecule has 84 valence electrons. The van der Waals surface area contributed by atoms with Crippen LogP contribution in [0.5, 0.6) is 0 Å². The number of rotatable bonds is 2. The van der Waals surface area contributed by atoms with Gasteiger partial charge in [-0.1, -0.05) is 6.42 Å². The summed E-state index contributed by atoms with van der Waals surface area (Å²) in [4.78, 5) is 2.49. The van der Waals surface area contributed by atoms with Crippen LogP contribution in [0.15, 0.2) is 0 Å². The predicted octanol–water partition coefficient (Wildman–Crippen LogP) is 0.426. The van der Waals surface area contributed by atoms with Crippen molar-refractivity contribution in [3.63, 3.8) is 0 Å². The maximum atomic E-state index is 6.12. The molecular formula is C10H22ClN3. The van der Waals surface area contributed by atoms with Gasteiger partial charge < -0.3 is 16.4 Å². The Bertz CT molecular complexity index is 177. The van der Waals surface area contributed by atoms with Crippen molar-refractivity contribution in [2.45, 2.75) is 25.3 Å². The van der Waals surface area contributed by atoms with Crippen molar-refractivity contribution in [3.8, 4) is 0 Å². The van der Waals surface area contributed by atoms with E-state index in [2.05, 4.69) is 4.90 Å². The van der Waals surface area contributed by atoms with Gasteiger partial charge in [-0.25, -0.2) is 0 Å². The molecule has 0 bridgehead atoms. The molecule has 1 saturated heterocycles. The molecule has 0 aromatic heterocycles. The largest absolute Gasteiger partial charge is 0.329 e. The average Bonchev–Trinajstić information content (AvgIpc) is 2.49. The van der Waals surface area contributed by atoms with Crippen molar-refractivity contribution in [2.75, 3.05) is 26.2 Å². The normalized spacial score (nSPS) is 37.7. The number of fused-ring (bicyclic) bond motifs is 1. The van der Waals surface area contributed by atoms with Crippen LogP contribution in [-0.2, 0) is 0 Å². The molecule has 0 radical (unpaired) electrons. The molecule has 2 rings (SSSR count). The second-order valence-electron chi connectivity index (χ2n) is 4.57. The fourth-order valence-electron chi connectivity index (χ4n) is 2.97. The van der Waals surface area contributed by atoms with Gasteiger partial charge in [0, 0.05) is 32.2 Å². The number of nitrogens with zero attached hydrogens (tertiary/aromatic N) is 1. The summed E-state index contributed by atoms with van der Waals surface area (Å²) < 4.78 is 0. The molecule has 3 unspecified atom stereocenters. The van der Waals surface area contributed by atoms with E-state index in [1.807, 2.05) is 0 Å². The Balaban J connectivity index is 0.000000980. The third-order valence-corrected chi connectivity index (χ3v) is 3.67. The van der Waals surface area contributed by atoms with Gasteiger partial charge in [0.25, 0.3) is 0 Å². The van der Waals surface area contributed by atoms with Gasteiger partial charge in [-0.15, -0.1) is 12.4 Å². The summed E-state index contributed by atoms with van der Waals surface area (Å²) in [7, 11) is 0. The maximum Gasteiger partial charge on any atom is 0.0105 e. The smallest absolute Gasteiger partial charge is 0.0105 e. The first kappa shape index (κ1) is 12.2. The molecule has 3 nitrogen and oxygen atoms in total. The fourth-order valence-corrected chi connectivity index (χ4v) is 2.97. The lowest BCUT2D eigenvalue weighted by atomic mass is 9.78.